The SMILES string of the molecule is Cc1cccc(C)c1N[C@H](C)C(=O)NCc1cncn1C1CC1. The fraction of sp³-hybridized carbons (Fsp3) is 0.444. The smallest absolute Gasteiger partial charge is 0.242 e. The maximum atomic E-state index is 12.4. The summed E-state index contributed by atoms with van der Waals surface area (Å²) in [5, 5.41) is 6.33. The summed E-state index contributed by atoms with van der Waals surface area (Å²) in [6, 6.07) is 6.42. The first-order valence-electron chi connectivity index (χ1n) is 8.17. The molecular weight excluding hydrogens is 288 g/mol. The standard InChI is InChI=1S/C18H24N4O/c1-12-5-4-6-13(2)17(12)21-14(3)18(23)20-10-16-9-19-11-22(16)15-7-8-15/h4-6,9,11,14-15,21H,7-8,10H2,1-3H3,(H,20,23)/t14-/m1/s1. The molecule has 122 valence electrons. The van der Waals surface area contributed by atoms with Crippen molar-refractivity contribution in [2.75, 3.05) is 5.32 Å². The largest absolute Gasteiger partial charge is 0.373 e. The van der Waals surface area contributed by atoms with Crippen LogP contribution in [0.25, 0.3) is 0 Å². The molecule has 0 spiro atoms. The summed E-state index contributed by atoms with van der Waals surface area (Å²) in [7, 11) is 0. The van der Waals surface area contributed by atoms with Crippen molar-refractivity contribution in [3.8, 4) is 0 Å². The summed E-state index contributed by atoms with van der Waals surface area (Å²) in [6.45, 7) is 6.51. The predicted octanol–water partition coefficient (Wildman–Crippen LogP) is 2.95. The fourth-order valence-electron chi connectivity index (χ4n) is 2.81. The molecule has 2 aromatic rings. The quantitative estimate of drug-likeness (QED) is 0.862. The Bertz CT molecular complexity index is 683. The number of nitrogens with zero attached hydrogens (tertiary/aromatic N) is 2. The van der Waals surface area contributed by atoms with Crippen LogP contribution in [0.2, 0.25) is 0 Å². The van der Waals surface area contributed by atoms with Crippen molar-refractivity contribution in [1.29, 1.82) is 0 Å². The first kappa shape index (κ1) is 15.6. The normalized spacial score (nSPS) is 15.3. The fourth-order valence-corrected chi connectivity index (χ4v) is 2.81. The molecule has 1 aromatic carbocycles. The molecule has 1 fully saturated rings. The van der Waals surface area contributed by atoms with Gasteiger partial charge >= 0.3 is 0 Å². The second-order valence-electron chi connectivity index (χ2n) is 6.37. The number of amides is 1. The lowest BCUT2D eigenvalue weighted by Gasteiger charge is -2.19. The van der Waals surface area contributed by atoms with Crippen molar-refractivity contribution < 1.29 is 4.79 Å². The number of aromatic nitrogens is 2. The van der Waals surface area contributed by atoms with E-state index < -0.39 is 0 Å². The van der Waals surface area contributed by atoms with Gasteiger partial charge in [-0.1, -0.05) is 18.2 Å². The van der Waals surface area contributed by atoms with Crippen LogP contribution in [0.5, 0.6) is 0 Å². The lowest BCUT2D eigenvalue weighted by molar-refractivity contribution is -0.121. The van der Waals surface area contributed by atoms with E-state index in [1.165, 1.54) is 12.8 Å². The van der Waals surface area contributed by atoms with Crippen LogP contribution in [-0.4, -0.2) is 21.5 Å². The van der Waals surface area contributed by atoms with E-state index in [1.807, 2.05) is 51.5 Å². The van der Waals surface area contributed by atoms with Gasteiger partial charge in [-0.25, -0.2) is 4.98 Å². The average molecular weight is 312 g/mol. The maximum Gasteiger partial charge on any atom is 0.242 e. The molecule has 1 saturated carbocycles. The Hall–Kier alpha value is -2.30. The molecule has 5 nitrogen and oxygen atoms in total. The van der Waals surface area contributed by atoms with Gasteiger partial charge < -0.3 is 15.2 Å². The van der Waals surface area contributed by atoms with Gasteiger partial charge in [-0.3, -0.25) is 4.79 Å². The van der Waals surface area contributed by atoms with Crippen LogP contribution in [-0.2, 0) is 11.3 Å². The lowest BCUT2D eigenvalue weighted by Crippen LogP contribution is -2.37. The molecule has 3 rings (SSSR count). The van der Waals surface area contributed by atoms with E-state index in [1.54, 1.807) is 0 Å². The highest BCUT2D eigenvalue weighted by molar-refractivity contribution is 5.84. The van der Waals surface area contributed by atoms with Crippen LogP contribution in [0.1, 0.15) is 42.6 Å². The molecule has 1 aliphatic rings. The molecule has 0 radical (unpaired) electrons. The molecule has 1 aliphatic carbocycles. The number of hydrogen-bond donors (Lipinski definition) is 2. The highest BCUT2D eigenvalue weighted by atomic mass is 16.2. The number of carbonyl (C=O) groups is 1. The molecule has 0 unspecified atom stereocenters. The van der Waals surface area contributed by atoms with Gasteiger partial charge in [0.15, 0.2) is 0 Å². The molecule has 5 heteroatoms. The van der Waals surface area contributed by atoms with E-state index in [4.69, 9.17) is 0 Å². The van der Waals surface area contributed by atoms with Gasteiger partial charge in [0, 0.05) is 17.9 Å². The minimum atomic E-state index is -0.285. The third kappa shape index (κ3) is 3.55. The number of hydrogen-bond acceptors (Lipinski definition) is 3. The summed E-state index contributed by atoms with van der Waals surface area (Å²) >= 11 is 0. The summed E-state index contributed by atoms with van der Waals surface area (Å²) in [6.07, 6.45) is 6.11. The number of carbonyl (C=O) groups excluding carboxylic acids is 1. The molecule has 2 N–H and O–H groups in total. The summed E-state index contributed by atoms with van der Waals surface area (Å²) in [5.41, 5.74) is 4.41. The van der Waals surface area contributed by atoms with Gasteiger partial charge in [0.2, 0.25) is 5.91 Å². The number of anilines is 1. The van der Waals surface area contributed by atoms with Crippen LogP contribution in [0.15, 0.2) is 30.7 Å². The Morgan fingerprint density at radius 3 is 2.70 bits per heavy atom. The van der Waals surface area contributed by atoms with Crippen molar-refractivity contribution in [3.05, 3.63) is 47.5 Å². The van der Waals surface area contributed by atoms with Gasteiger partial charge in [-0.15, -0.1) is 0 Å². The van der Waals surface area contributed by atoms with E-state index >= 15 is 0 Å². The third-order valence-corrected chi connectivity index (χ3v) is 4.37. The maximum absolute atomic E-state index is 12.4. The van der Waals surface area contributed by atoms with E-state index in [9.17, 15) is 4.79 Å². The molecule has 1 atom stereocenters. The summed E-state index contributed by atoms with van der Waals surface area (Å²) < 4.78 is 2.17. The monoisotopic (exact) mass is 312 g/mol. The number of benzene rings is 1. The van der Waals surface area contributed by atoms with Crippen LogP contribution in [0.4, 0.5) is 5.69 Å². The van der Waals surface area contributed by atoms with Crippen molar-refractivity contribution in [3.63, 3.8) is 0 Å². The first-order valence-corrected chi connectivity index (χ1v) is 8.17. The van der Waals surface area contributed by atoms with Crippen molar-refractivity contribution in [2.45, 2.75) is 52.2 Å². The zero-order valence-corrected chi connectivity index (χ0v) is 14.0. The predicted molar refractivity (Wildman–Crippen MR) is 91.3 cm³/mol. The number of nitrogens with one attached hydrogen (secondary N) is 2. The van der Waals surface area contributed by atoms with Gasteiger partial charge in [0.25, 0.3) is 0 Å². The molecule has 0 aliphatic heterocycles. The molecule has 1 amide bonds. The Kier molecular flexibility index (Phi) is 4.37. The first-order chi connectivity index (χ1) is 11.1. The zero-order chi connectivity index (χ0) is 16.4. The molecule has 0 bridgehead atoms. The van der Waals surface area contributed by atoms with Gasteiger partial charge in [0.1, 0.15) is 6.04 Å². The molecule has 0 saturated heterocycles. The Morgan fingerprint density at radius 2 is 2.04 bits per heavy atom. The summed E-state index contributed by atoms with van der Waals surface area (Å²) in [5.74, 6) is -0.00352. The van der Waals surface area contributed by atoms with Crippen LogP contribution < -0.4 is 10.6 Å². The molecule has 1 aromatic heterocycles. The topological polar surface area (TPSA) is 59.0 Å². The zero-order valence-electron chi connectivity index (χ0n) is 14.0. The van der Waals surface area contributed by atoms with E-state index in [0.29, 0.717) is 12.6 Å². The van der Waals surface area contributed by atoms with Crippen LogP contribution in [0.3, 0.4) is 0 Å². The van der Waals surface area contributed by atoms with Gasteiger partial charge in [-0.2, -0.15) is 0 Å². The van der Waals surface area contributed by atoms with Crippen molar-refractivity contribution >= 4 is 11.6 Å². The molecule has 23 heavy (non-hydrogen) atoms. The van der Waals surface area contributed by atoms with E-state index in [0.717, 1.165) is 22.5 Å². The number of aryl methyl sites for hydroxylation is 2. The molecular formula is C18H24N4O. The van der Waals surface area contributed by atoms with E-state index in [2.05, 4.69) is 20.2 Å². The highest BCUT2D eigenvalue weighted by Crippen LogP contribution is 2.35. The lowest BCUT2D eigenvalue weighted by atomic mass is 10.1. The number of para-hydroxylation sites is 1. The van der Waals surface area contributed by atoms with Crippen molar-refractivity contribution in [2.24, 2.45) is 0 Å². The minimum Gasteiger partial charge on any atom is -0.373 e. The Balaban J connectivity index is 1.58. The number of imidazole rings is 1. The van der Waals surface area contributed by atoms with Gasteiger partial charge in [-0.05, 0) is 44.7 Å². The average Bonchev–Trinajstić information content (AvgIpc) is 3.27. The second-order valence-corrected chi connectivity index (χ2v) is 6.37. The molecule has 1 heterocycles. The van der Waals surface area contributed by atoms with Crippen LogP contribution >= 0.6 is 0 Å². The second kappa shape index (κ2) is 6.44. The van der Waals surface area contributed by atoms with Gasteiger partial charge in [0.05, 0.1) is 18.6 Å². The van der Waals surface area contributed by atoms with Crippen molar-refractivity contribution in [1.82, 2.24) is 14.9 Å². The summed E-state index contributed by atoms with van der Waals surface area (Å²) in [4.78, 5) is 16.6. The minimum absolute atomic E-state index is 0.00352. The third-order valence-electron chi connectivity index (χ3n) is 4.37. The number of rotatable bonds is 6. The van der Waals surface area contributed by atoms with E-state index in [-0.39, 0.29) is 11.9 Å². The Morgan fingerprint density at radius 1 is 1.35 bits per heavy atom. The van der Waals surface area contributed by atoms with Crippen LogP contribution in [0, 0.1) is 13.8 Å². The Labute approximate surface area is 137 Å². The highest BCUT2D eigenvalue weighted by Gasteiger charge is 2.25.